The molecule has 1 aromatic carbocycles. The Morgan fingerprint density at radius 2 is 1.96 bits per heavy atom. The Bertz CT molecular complexity index is 830. The number of aromatic nitrogens is 5. The van der Waals surface area contributed by atoms with Crippen LogP contribution < -0.4 is 0 Å². The van der Waals surface area contributed by atoms with Gasteiger partial charge in [-0.25, -0.2) is 4.98 Å². The zero-order valence-electron chi connectivity index (χ0n) is 13.5. The van der Waals surface area contributed by atoms with Gasteiger partial charge in [-0.05, 0) is 6.92 Å². The summed E-state index contributed by atoms with van der Waals surface area (Å²) >= 11 is 1.51. The van der Waals surface area contributed by atoms with Crippen LogP contribution in [-0.4, -0.2) is 36.3 Å². The lowest BCUT2D eigenvalue weighted by molar-refractivity contribution is 0.0989. The molecule has 0 radical (unpaired) electrons. The molecular formula is C17H17N5OS. The number of hydrogen-bond acceptors (Lipinski definition) is 6. The first-order chi connectivity index (χ1) is 11.6. The minimum Gasteiger partial charge on any atom is -0.304 e. The Hall–Kier alpha value is -2.54. The second-order valence-corrected chi connectivity index (χ2v) is 6.41. The minimum atomic E-state index is 0.138. The van der Waals surface area contributed by atoms with Crippen molar-refractivity contribution in [3.8, 4) is 11.5 Å². The molecule has 0 aliphatic carbocycles. The maximum atomic E-state index is 12.2. The quantitative estimate of drug-likeness (QED) is 0.508. The molecule has 7 heteroatoms. The normalized spacial score (nSPS) is 10.8. The van der Waals surface area contributed by atoms with Crippen molar-refractivity contribution >= 4 is 17.5 Å². The summed E-state index contributed by atoms with van der Waals surface area (Å²) in [6.45, 7) is 2.01. The van der Waals surface area contributed by atoms with Gasteiger partial charge < -0.3 is 4.57 Å². The average Bonchev–Trinajstić information content (AvgIpc) is 2.97. The van der Waals surface area contributed by atoms with Gasteiger partial charge in [-0.3, -0.25) is 9.78 Å². The number of Topliss-reactive ketones (excluding diaryl/α,β-unsaturated/α-hetero) is 1. The maximum absolute atomic E-state index is 12.2. The van der Waals surface area contributed by atoms with Crippen molar-refractivity contribution < 1.29 is 4.79 Å². The van der Waals surface area contributed by atoms with Gasteiger partial charge in [0.15, 0.2) is 16.8 Å². The topological polar surface area (TPSA) is 73.6 Å². The van der Waals surface area contributed by atoms with Gasteiger partial charge in [0, 0.05) is 37.2 Å². The molecule has 3 aromatic rings. The van der Waals surface area contributed by atoms with Crippen molar-refractivity contribution in [1.29, 1.82) is 0 Å². The molecule has 0 saturated heterocycles. The highest BCUT2D eigenvalue weighted by atomic mass is 32.2. The van der Waals surface area contributed by atoms with E-state index in [0.29, 0.717) is 23.7 Å². The highest BCUT2D eigenvalue weighted by molar-refractivity contribution is 7.99. The molecule has 0 bridgehead atoms. The predicted molar refractivity (Wildman–Crippen MR) is 92.9 cm³/mol. The molecular weight excluding hydrogens is 322 g/mol. The molecule has 0 aliphatic rings. The van der Waals surface area contributed by atoms with Gasteiger partial charge in [-0.2, -0.15) is 0 Å². The molecule has 24 heavy (non-hydrogen) atoms. The molecule has 0 N–H and O–H groups in total. The zero-order chi connectivity index (χ0) is 16.9. The van der Waals surface area contributed by atoms with Crippen molar-refractivity contribution in [3.63, 3.8) is 0 Å². The summed E-state index contributed by atoms with van der Waals surface area (Å²) in [5.41, 5.74) is 2.58. The summed E-state index contributed by atoms with van der Waals surface area (Å²) in [5, 5.41) is 9.08. The number of nitrogens with zero attached hydrogens (tertiary/aromatic N) is 5. The summed E-state index contributed by atoms with van der Waals surface area (Å²) in [6, 6.07) is 7.65. The summed E-state index contributed by atoms with van der Waals surface area (Å²) in [7, 11) is 1.88. The van der Waals surface area contributed by atoms with Gasteiger partial charge in [0.25, 0.3) is 0 Å². The van der Waals surface area contributed by atoms with E-state index in [1.54, 1.807) is 18.6 Å². The molecule has 0 fully saturated rings. The molecule has 0 unspecified atom stereocenters. The van der Waals surface area contributed by atoms with Crippen LogP contribution in [0, 0.1) is 6.92 Å². The number of thioether (sulfide) groups is 1. The van der Waals surface area contributed by atoms with Gasteiger partial charge in [-0.1, -0.05) is 41.6 Å². The smallest absolute Gasteiger partial charge is 0.191 e. The summed E-state index contributed by atoms with van der Waals surface area (Å²) in [4.78, 5) is 20.5. The molecule has 6 nitrogen and oxygen atoms in total. The molecule has 2 aromatic heterocycles. The minimum absolute atomic E-state index is 0.138. The fourth-order valence-corrected chi connectivity index (χ4v) is 3.05. The van der Waals surface area contributed by atoms with Crippen molar-refractivity contribution in [2.45, 2.75) is 18.5 Å². The highest BCUT2D eigenvalue weighted by Gasteiger charge is 2.13. The van der Waals surface area contributed by atoms with Crippen LogP contribution in [0.1, 0.15) is 22.3 Å². The standard InChI is InChI=1S/C17H17N5OS/c1-12-3-5-13(6-4-12)15(23)7-10-24-17-21-20-16(22(17)2)14-11-18-8-9-19-14/h3-6,8-9,11H,7,10H2,1-2H3. The summed E-state index contributed by atoms with van der Waals surface area (Å²) in [6.07, 6.45) is 5.35. The van der Waals surface area contributed by atoms with Crippen molar-refractivity contribution in [2.75, 3.05) is 5.75 Å². The monoisotopic (exact) mass is 339 g/mol. The largest absolute Gasteiger partial charge is 0.304 e. The van der Waals surface area contributed by atoms with Crippen LogP contribution in [0.5, 0.6) is 0 Å². The lowest BCUT2D eigenvalue weighted by Crippen LogP contribution is -2.02. The van der Waals surface area contributed by atoms with Crippen LogP contribution in [0.4, 0.5) is 0 Å². The Labute approximate surface area is 144 Å². The third-order valence-electron chi connectivity index (χ3n) is 3.56. The van der Waals surface area contributed by atoms with Gasteiger partial charge in [0.05, 0.1) is 6.20 Å². The van der Waals surface area contributed by atoms with Gasteiger partial charge in [0.2, 0.25) is 0 Å². The molecule has 0 spiro atoms. The van der Waals surface area contributed by atoms with E-state index in [4.69, 9.17) is 0 Å². The third kappa shape index (κ3) is 3.68. The molecule has 0 saturated carbocycles. The van der Waals surface area contributed by atoms with Crippen LogP contribution in [0.25, 0.3) is 11.5 Å². The molecule has 3 rings (SSSR count). The van der Waals surface area contributed by atoms with Crippen molar-refractivity contribution in [1.82, 2.24) is 24.7 Å². The van der Waals surface area contributed by atoms with Crippen molar-refractivity contribution in [3.05, 3.63) is 54.0 Å². The molecule has 0 aliphatic heterocycles. The molecule has 122 valence electrons. The van der Waals surface area contributed by atoms with E-state index in [0.717, 1.165) is 16.3 Å². The van der Waals surface area contributed by atoms with E-state index in [1.807, 2.05) is 42.8 Å². The predicted octanol–water partition coefficient (Wildman–Crippen LogP) is 2.95. The van der Waals surface area contributed by atoms with E-state index in [2.05, 4.69) is 20.2 Å². The molecule has 0 amide bonds. The molecule has 2 heterocycles. The van der Waals surface area contributed by atoms with Crippen LogP contribution in [0.15, 0.2) is 48.0 Å². The van der Waals surface area contributed by atoms with Crippen LogP contribution in [-0.2, 0) is 7.05 Å². The first-order valence-electron chi connectivity index (χ1n) is 7.53. The summed E-state index contributed by atoms with van der Waals surface area (Å²) in [5.74, 6) is 1.45. The first-order valence-corrected chi connectivity index (χ1v) is 8.52. The zero-order valence-corrected chi connectivity index (χ0v) is 14.3. The van der Waals surface area contributed by atoms with Gasteiger partial charge in [0.1, 0.15) is 5.69 Å². The Morgan fingerprint density at radius 1 is 1.17 bits per heavy atom. The molecule has 0 atom stereocenters. The number of aryl methyl sites for hydroxylation is 1. The lowest BCUT2D eigenvalue weighted by atomic mass is 10.1. The number of carbonyl (C=O) groups excluding carboxylic acids is 1. The van der Waals surface area contributed by atoms with E-state index in [9.17, 15) is 4.79 Å². The van der Waals surface area contributed by atoms with E-state index in [1.165, 1.54) is 11.8 Å². The van der Waals surface area contributed by atoms with Crippen LogP contribution >= 0.6 is 11.8 Å². The average molecular weight is 339 g/mol. The number of rotatable bonds is 6. The first kappa shape index (κ1) is 16.3. The number of carbonyl (C=O) groups is 1. The SMILES string of the molecule is Cc1ccc(C(=O)CCSc2nnc(-c3cnccn3)n2C)cc1. The maximum Gasteiger partial charge on any atom is 0.191 e. The number of hydrogen-bond donors (Lipinski definition) is 0. The van der Waals surface area contributed by atoms with Crippen LogP contribution in [0.3, 0.4) is 0 Å². The van der Waals surface area contributed by atoms with E-state index >= 15 is 0 Å². The number of benzene rings is 1. The Balaban J connectivity index is 1.60. The fraction of sp³-hybridized carbons (Fsp3) is 0.235. The Kier molecular flexibility index (Phi) is 5.00. The van der Waals surface area contributed by atoms with Crippen molar-refractivity contribution in [2.24, 2.45) is 7.05 Å². The lowest BCUT2D eigenvalue weighted by Gasteiger charge is -2.03. The second kappa shape index (κ2) is 7.35. The fourth-order valence-electron chi connectivity index (χ4n) is 2.20. The third-order valence-corrected chi connectivity index (χ3v) is 4.58. The van der Waals surface area contributed by atoms with Gasteiger partial charge >= 0.3 is 0 Å². The van der Waals surface area contributed by atoms with E-state index < -0.39 is 0 Å². The van der Waals surface area contributed by atoms with E-state index in [-0.39, 0.29) is 5.78 Å². The second-order valence-electron chi connectivity index (χ2n) is 5.34. The summed E-state index contributed by atoms with van der Waals surface area (Å²) < 4.78 is 1.87. The Morgan fingerprint density at radius 3 is 2.67 bits per heavy atom. The number of ketones is 1. The van der Waals surface area contributed by atoms with Crippen LogP contribution in [0.2, 0.25) is 0 Å². The van der Waals surface area contributed by atoms with Gasteiger partial charge in [-0.15, -0.1) is 10.2 Å². The highest BCUT2D eigenvalue weighted by Crippen LogP contribution is 2.21.